The highest BCUT2D eigenvalue weighted by Gasteiger charge is 2.37. The molecular weight excluding hydrogens is 344 g/mol. The van der Waals surface area contributed by atoms with E-state index in [1.54, 1.807) is 23.1 Å². The van der Waals surface area contributed by atoms with Crippen LogP contribution in [0.2, 0.25) is 0 Å². The molecule has 1 aromatic carbocycles. The molecule has 0 spiro atoms. The first kappa shape index (κ1) is 17.2. The van der Waals surface area contributed by atoms with Gasteiger partial charge in [-0.1, -0.05) is 18.2 Å². The summed E-state index contributed by atoms with van der Waals surface area (Å²) in [4.78, 5) is 50.6. The van der Waals surface area contributed by atoms with Crippen LogP contribution in [0.5, 0.6) is 0 Å². The maximum absolute atomic E-state index is 12.4. The number of nitrogens with zero attached hydrogens (tertiary/aromatic N) is 2. The summed E-state index contributed by atoms with van der Waals surface area (Å²) in [6.07, 6.45) is 3.24. The SMILES string of the molecule is O=C(O)c1ccccc1/C=C1\SC(=O)N(CC(=O)N2CCCC2)C1=O. The van der Waals surface area contributed by atoms with Gasteiger partial charge in [0, 0.05) is 13.1 Å². The van der Waals surface area contributed by atoms with Gasteiger partial charge in [-0.2, -0.15) is 0 Å². The largest absolute Gasteiger partial charge is 0.478 e. The minimum atomic E-state index is -1.12. The molecule has 0 bridgehead atoms. The van der Waals surface area contributed by atoms with E-state index in [0.717, 1.165) is 17.7 Å². The van der Waals surface area contributed by atoms with Crippen LogP contribution in [0.4, 0.5) is 4.79 Å². The summed E-state index contributed by atoms with van der Waals surface area (Å²) in [6.45, 7) is 1.02. The molecule has 2 heterocycles. The third-order valence-corrected chi connectivity index (χ3v) is 5.01. The Morgan fingerprint density at radius 3 is 2.52 bits per heavy atom. The monoisotopic (exact) mass is 360 g/mol. The maximum Gasteiger partial charge on any atom is 0.336 e. The van der Waals surface area contributed by atoms with Crippen molar-refractivity contribution in [2.24, 2.45) is 0 Å². The molecule has 2 aliphatic rings. The van der Waals surface area contributed by atoms with E-state index in [9.17, 15) is 24.3 Å². The van der Waals surface area contributed by atoms with Crippen LogP contribution in [0, 0.1) is 0 Å². The number of amides is 3. The number of carbonyl (C=O) groups is 4. The van der Waals surface area contributed by atoms with Crippen molar-refractivity contribution >= 4 is 40.9 Å². The first-order valence-corrected chi connectivity index (χ1v) is 8.64. The number of carboxylic acid groups (broad SMARTS) is 1. The van der Waals surface area contributed by atoms with Crippen LogP contribution in [-0.2, 0) is 9.59 Å². The predicted octanol–water partition coefficient (Wildman–Crippen LogP) is 2.04. The number of likely N-dealkylation sites (tertiary alicyclic amines) is 1. The van der Waals surface area contributed by atoms with Crippen molar-refractivity contribution in [3.63, 3.8) is 0 Å². The van der Waals surface area contributed by atoms with E-state index in [2.05, 4.69) is 0 Å². The van der Waals surface area contributed by atoms with Crippen LogP contribution in [0.1, 0.15) is 28.8 Å². The van der Waals surface area contributed by atoms with Crippen LogP contribution < -0.4 is 0 Å². The van der Waals surface area contributed by atoms with Gasteiger partial charge in [-0.25, -0.2) is 4.79 Å². The second kappa shape index (κ2) is 7.10. The first-order valence-electron chi connectivity index (χ1n) is 7.83. The molecule has 0 aliphatic carbocycles. The van der Waals surface area contributed by atoms with E-state index < -0.39 is 17.1 Å². The highest BCUT2D eigenvalue weighted by Crippen LogP contribution is 2.32. The number of aromatic carboxylic acids is 1. The Hall–Kier alpha value is -2.61. The quantitative estimate of drug-likeness (QED) is 0.826. The van der Waals surface area contributed by atoms with E-state index in [4.69, 9.17) is 0 Å². The number of carboxylic acids is 1. The molecule has 1 N–H and O–H groups in total. The van der Waals surface area contributed by atoms with E-state index in [1.807, 2.05) is 0 Å². The average molecular weight is 360 g/mol. The van der Waals surface area contributed by atoms with Crippen molar-refractivity contribution in [2.75, 3.05) is 19.6 Å². The number of thioether (sulfide) groups is 1. The lowest BCUT2D eigenvalue weighted by Gasteiger charge is -2.18. The van der Waals surface area contributed by atoms with Crippen molar-refractivity contribution in [3.05, 3.63) is 40.3 Å². The predicted molar refractivity (Wildman–Crippen MR) is 91.9 cm³/mol. The number of imide groups is 1. The fourth-order valence-electron chi connectivity index (χ4n) is 2.80. The van der Waals surface area contributed by atoms with Gasteiger partial charge in [0.1, 0.15) is 6.54 Å². The van der Waals surface area contributed by atoms with Gasteiger partial charge >= 0.3 is 5.97 Å². The van der Waals surface area contributed by atoms with Gasteiger partial charge in [0.25, 0.3) is 11.1 Å². The van der Waals surface area contributed by atoms with Gasteiger partial charge < -0.3 is 10.0 Å². The lowest BCUT2D eigenvalue weighted by atomic mass is 10.1. The molecule has 0 radical (unpaired) electrons. The number of carbonyl (C=O) groups excluding carboxylic acids is 3. The zero-order valence-electron chi connectivity index (χ0n) is 13.3. The molecule has 0 atom stereocenters. The second-order valence-electron chi connectivity index (χ2n) is 5.75. The Labute approximate surface area is 148 Å². The molecule has 3 rings (SSSR count). The van der Waals surface area contributed by atoms with Crippen molar-refractivity contribution in [2.45, 2.75) is 12.8 Å². The average Bonchev–Trinajstić information content (AvgIpc) is 3.20. The fraction of sp³-hybridized carbons (Fsp3) is 0.294. The summed E-state index contributed by atoms with van der Waals surface area (Å²) >= 11 is 0.716. The van der Waals surface area contributed by atoms with Crippen molar-refractivity contribution in [3.8, 4) is 0 Å². The Kier molecular flexibility index (Phi) is 4.89. The topological polar surface area (TPSA) is 95.0 Å². The molecule has 2 saturated heterocycles. The smallest absolute Gasteiger partial charge is 0.336 e. The molecular formula is C17H16N2O5S. The van der Waals surface area contributed by atoms with E-state index >= 15 is 0 Å². The molecule has 0 unspecified atom stereocenters. The number of rotatable bonds is 4. The van der Waals surface area contributed by atoms with Gasteiger partial charge in [0.15, 0.2) is 0 Å². The van der Waals surface area contributed by atoms with Gasteiger partial charge in [-0.05, 0) is 42.3 Å². The van der Waals surface area contributed by atoms with E-state index in [0.29, 0.717) is 30.4 Å². The van der Waals surface area contributed by atoms with E-state index in [1.165, 1.54) is 12.1 Å². The summed E-state index contributed by atoms with van der Waals surface area (Å²) in [7, 11) is 0. The summed E-state index contributed by atoms with van der Waals surface area (Å²) in [5.74, 6) is -1.93. The molecule has 2 aliphatic heterocycles. The lowest BCUT2D eigenvalue weighted by molar-refractivity contribution is -0.135. The van der Waals surface area contributed by atoms with Gasteiger partial charge in [0.2, 0.25) is 5.91 Å². The Bertz CT molecular complexity index is 783. The van der Waals surface area contributed by atoms with Gasteiger partial charge in [-0.15, -0.1) is 0 Å². The minimum Gasteiger partial charge on any atom is -0.478 e. The highest BCUT2D eigenvalue weighted by atomic mass is 32.2. The summed E-state index contributed by atoms with van der Waals surface area (Å²) in [6, 6.07) is 6.22. The molecule has 2 fully saturated rings. The lowest BCUT2D eigenvalue weighted by Crippen LogP contribution is -2.40. The van der Waals surface area contributed by atoms with Crippen molar-refractivity contribution < 1.29 is 24.3 Å². The molecule has 3 amide bonds. The molecule has 8 heteroatoms. The van der Waals surface area contributed by atoms with Crippen molar-refractivity contribution in [1.29, 1.82) is 0 Å². The number of benzene rings is 1. The Morgan fingerprint density at radius 1 is 1.16 bits per heavy atom. The number of hydrogen-bond donors (Lipinski definition) is 1. The van der Waals surface area contributed by atoms with E-state index in [-0.39, 0.29) is 22.9 Å². The Balaban J connectivity index is 1.79. The fourth-order valence-corrected chi connectivity index (χ4v) is 3.63. The maximum atomic E-state index is 12.4. The van der Waals surface area contributed by atoms with Crippen LogP contribution in [-0.4, -0.2) is 57.6 Å². The van der Waals surface area contributed by atoms with Crippen LogP contribution in [0.3, 0.4) is 0 Å². The molecule has 7 nitrogen and oxygen atoms in total. The van der Waals surface area contributed by atoms with Crippen LogP contribution in [0.15, 0.2) is 29.2 Å². The minimum absolute atomic E-state index is 0.0439. The normalized spacial score (nSPS) is 19.1. The molecule has 0 saturated carbocycles. The second-order valence-corrected chi connectivity index (χ2v) is 6.74. The summed E-state index contributed by atoms with van der Waals surface area (Å²) in [5, 5.41) is 8.68. The van der Waals surface area contributed by atoms with Gasteiger partial charge in [0.05, 0.1) is 10.5 Å². The molecule has 130 valence electrons. The van der Waals surface area contributed by atoms with Crippen molar-refractivity contribution in [1.82, 2.24) is 9.80 Å². The number of hydrogen-bond acceptors (Lipinski definition) is 5. The Morgan fingerprint density at radius 2 is 1.84 bits per heavy atom. The van der Waals surface area contributed by atoms with Gasteiger partial charge in [-0.3, -0.25) is 19.3 Å². The molecule has 25 heavy (non-hydrogen) atoms. The first-order chi connectivity index (χ1) is 12.0. The zero-order chi connectivity index (χ0) is 18.0. The van der Waals surface area contributed by atoms with Crippen LogP contribution in [0.25, 0.3) is 6.08 Å². The third kappa shape index (κ3) is 3.58. The third-order valence-electron chi connectivity index (χ3n) is 4.10. The summed E-state index contributed by atoms with van der Waals surface area (Å²) in [5.41, 5.74) is 0.383. The molecule has 1 aromatic rings. The van der Waals surface area contributed by atoms with Crippen LogP contribution >= 0.6 is 11.8 Å². The molecule has 0 aromatic heterocycles. The standard InChI is InChI=1S/C17H16N2O5S/c20-14(18-7-3-4-8-18)10-19-15(21)13(25-17(19)24)9-11-5-1-2-6-12(11)16(22)23/h1-2,5-6,9H,3-4,7-8,10H2,(H,22,23)/b13-9-. The zero-order valence-corrected chi connectivity index (χ0v) is 14.1. The summed E-state index contributed by atoms with van der Waals surface area (Å²) < 4.78 is 0. The highest BCUT2D eigenvalue weighted by molar-refractivity contribution is 8.18.